The van der Waals surface area contributed by atoms with Gasteiger partial charge in [0.1, 0.15) is 11.8 Å². The molecule has 8 heteroatoms. The maximum atomic E-state index is 12.1. The highest BCUT2D eigenvalue weighted by atomic mass is 19.4. The van der Waals surface area contributed by atoms with E-state index in [2.05, 4.69) is 10.1 Å². The number of benzene rings is 1. The van der Waals surface area contributed by atoms with E-state index >= 15 is 0 Å². The number of rotatable bonds is 5. The monoisotopic (exact) mass is 304 g/mol. The number of hydrogen-bond acceptors (Lipinski definition) is 3. The molecule has 0 bridgehead atoms. The molecule has 1 aromatic rings. The lowest BCUT2D eigenvalue weighted by Gasteiger charge is -2.19. The SMILES string of the molecule is CC(C)[C@@H](NC(=O)c1cccc(OC(F)(F)F)c1)C(N)=O. The molecule has 0 unspecified atom stereocenters. The van der Waals surface area contributed by atoms with Crippen molar-refractivity contribution < 1.29 is 27.5 Å². The Bertz CT molecular complexity index is 530. The molecule has 0 aromatic heterocycles. The van der Waals surface area contributed by atoms with Crippen LogP contribution >= 0.6 is 0 Å². The molecule has 1 aromatic carbocycles. The number of amides is 2. The van der Waals surface area contributed by atoms with E-state index in [1.807, 2.05) is 0 Å². The van der Waals surface area contributed by atoms with Gasteiger partial charge in [0.2, 0.25) is 5.91 Å². The minimum absolute atomic E-state index is 0.0661. The Morgan fingerprint density at radius 2 is 1.90 bits per heavy atom. The average molecular weight is 304 g/mol. The second-order valence-corrected chi connectivity index (χ2v) is 4.67. The van der Waals surface area contributed by atoms with Crippen molar-refractivity contribution in [2.45, 2.75) is 26.3 Å². The topological polar surface area (TPSA) is 81.4 Å². The maximum absolute atomic E-state index is 12.1. The third-order valence-corrected chi connectivity index (χ3v) is 2.59. The highest BCUT2D eigenvalue weighted by molar-refractivity contribution is 5.97. The summed E-state index contributed by atoms with van der Waals surface area (Å²) in [6, 6.07) is 3.63. The number of primary amides is 1. The summed E-state index contributed by atoms with van der Waals surface area (Å²) >= 11 is 0. The maximum Gasteiger partial charge on any atom is 0.573 e. The molecular weight excluding hydrogens is 289 g/mol. The lowest BCUT2D eigenvalue weighted by atomic mass is 10.0. The largest absolute Gasteiger partial charge is 0.573 e. The highest BCUT2D eigenvalue weighted by Gasteiger charge is 2.31. The van der Waals surface area contributed by atoms with Crippen LogP contribution in [0.3, 0.4) is 0 Å². The number of nitrogens with two attached hydrogens (primary N) is 1. The Hall–Kier alpha value is -2.25. The average Bonchev–Trinajstić information content (AvgIpc) is 2.33. The normalized spacial score (nSPS) is 12.9. The summed E-state index contributed by atoms with van der Waals surface area (Å²) in [6.07, 6.45) is -4.84. The number of ether oxygens (including phenoxy) is 1. The van der Waals surface area contributed by atoms with Gasteiger partial charge in [0, 0.05) is 5.56 Å². The second-order valence-electron chi connectivity index (χ2n) is 4.67. The van der Waals surface area contributed by atoms with Crippen LogP contribution in [0.5, 0.6) is 5.75 Å². The second kappa shape index (κ2) is 6.47. The molecule has 2 amide bonds. The molecule has 0 radical (unpaired) electrons. The zero-order valence-electron chi connectivity index (χ0n) is 11.4. The van der Waals surface area contributed by atoms with Crippen LogP contribution in [0.4, 0.5) is 13.2 Å². The molecule has 3 N–H and O–H groups in total. The van der Waals surface area contributed by atoms with Gasteiger partial charge in [0.25, 0.3) is 5.91 Å². The third-order valence-electron chi connectivity index (χ3n) is 2.59. The summed E-state index contributed by atoms with van der Waals surface area (Å²) in [4.78, 5) is 23.1. The number of hydrogen-bond donors (Lipinski definition) is 2. The smallest absolute Gasteiger partial charge is 0.406 e. The number of nitrogens with one attached hydrogen (secondary N) is 1. The van der Waals surface area contributed by atoms with Crippen LogP contribution in [-0.4, -0.2) is 24.2 Å². The fourth-order valence-electron chi connectivity index (χ4n) is 1.63. The summed E-state index contributed by atoms with van der Waals surface area (Å²) in [7, 11) is 0. The van der Waals surface area contributed by atoms with Gasteiger partial charge < -0.3 is 15.8 Å². The first-order chi connectivity index (χ1) is 9.60. The number of carbonyl (C=O) groups is 2. The Morgan fingerprint density at radius 3 is 2.38 bits per heavy atom. The standard InChI is InChI=1S/C13H15F3N2O3/c1-7(2)10(11(17)19)18-12(20)8-4-3-5-9(6-8)21-13(14,15)16/h3-7,10H,1-2H3,(H2,17,19)(H,18,20)/t10-/m1/s1. The number of carbonyl (C=O) groups excluding carboxylic acids is 2. The van der Waals surface area contributed by atoms with Gasteiger partial charge in [-0.3, -0.25) is 9.59 Å². The van der Waals surface area contributed by atoms with Crippen LogP contribution in [0.15, 0.2) is 24.3 Å². The first-order valence-electron chi connectivity index (χ1n) is 6.06. The summed E-state index contributed by atoms with van der Waals surface area (Å²) < 4.78 is 40.1. The molecular formula is C13H15F3N2O3. The first kappa shape index (κ1) is 16.8. The van der Waals surface area contributed by atoms with Gasteiger partial charge >= 0.3 is 6.36 Å². The van der Waals surface area contributed by atoms with Crippen LogP contribution in [0, 0.1) is 5.92 Å². The van der Waals surface area contributed by atoms with Crippen LogP contribution in [0.1, 0.15) is 24.2 Å². The zero-order valence-corrected chi connectivity index (χ0v) is 11.4. The fourth-order valence-corrected chi connectivity index (χ4v) is 1.63. The first-order valence-corrected chi connectivity index (χ1v) is 6.06. The number of halogens is 3. The predicted molar refractivity (Wildman–Crippen MR) is 68.4 cm³/mol. The van der Waals surface area contributed by atoms with E-state index in [4.69, 9.17) is 5.73 Å². The predicted octanol–water partition coefficient (Wildman–Crippen LogP) is 1.82. The van der Waals surface area contributed by atoms with Gasteiger partial charge in [-0.25, -0.2) is 0 Å². The van der Waals surface area contributed by atoms with Crippen molar-refractivity contribution in [1.82, 2.24) is 5.32 Å². The fraction of sp³-hybridized carbons (Fsp3) is 0.385. The molecule has 1 atom stereocenters. The minimum atomic E-state index is -4.84. The summed E-state index contributed by atoms with van der Waals surface area (Å²) in [5.41, 5.74) is 5.08. The van der Waals surface area contributed by atoms with E-state index < -0.39 is 30.0 Å². The van der Waals surface area contributed by atoms with E-state index in [9.17, 15) is 22.8 Å². The molecule has 0 aliphatic rings. The van der Waals surface area contributed by atoms with Gasteiger partial charge in [0.05, 0.1) is 0 Å². The van der Waals surface area contributed by atoms with Crippen LogP contribution in [0.2, 0.25) is 0 Å². The van der Waals surface area contributed by atoms with Crippen LogP contribution in [0.25, 0.3) is 0 Å². The Morgan fingerprint density at radius 1 is 1.29 bits per heavy atom. The molecule has 5 nitrogen and oxygen atoms in total. The molecule has 116 valence electrons. The molecule has 0 fully saturated rings. The minimum Gasteiger partial charge on any atom is -0.406 e. The van der Waals surface area contributed by atoms with Crippen LogP contribution in [-0.2, 0) is 4.79 Å². The Labute approximate surface area is 119 Å². The Balaban J connectivity index is 2.88. The van der Waals surface area contributed by atoms with Crippen molar-refractivity contribution in [2.24, 2.45) is 11.7 Å². The molecule has 0 heterocycles. The van der Waals surface area contributed by atoms with E-state index in [1.54, 1.807) is 13.8 Å². The van der Waals surface area contributed by atoms with Gasteiger partial charge in [-0.15, -0.1) is 13.2 Å². The number of alkyl halides is 3. The molecule has 0 spiro atoms. The van der Waals surface area contributed by atoms with Crippen molar-refractivity contribution in [3.05, 3.63) is 29.8 Å². The van der Waals surface area contributed by atoms with E-state index in [0.717, 1.165) is 12.1 Å². The lowest BCUT2D eigenvalue weighted by Crippen LogP contribution is -2.47. The van der Waals surface area contributed by atoms with Crippen LogP contribution < -0.4 is 15.8 Å². The van der Waals surface area contributed by atoms with Crippen molar-refractivity contribution in [2.75, 3.05) is 0 Å². The molecule has 1 rings (SSSR count). The van der Waals surface area contributed by atoms with E-state index in [1.165, 1.54) is 12.1 Å². The van der Waals surface area contributed by atoms with Crippen molar-refractivity contribution in [3.63, 3.8) is 0 Å². The van der Waals surface area contributed by atoms with Gasteiger partial charge in [-0.05, 0) is 24.1 Å². The highest BCUT2D eigenvalue weighted by Crippen LogP contribution is 2.23. The van der Waals surface area contributed by atoms with Gasteiger partial charge in [-0.1, -0.05) is 19.9 Å². The van der Waals surface area contributed by atoms with Gasteiger partial charge in [0.15, 0.2) is 0 Å². The Kier molecular flexibility index (Phi) is 5.17. The molecule has 0 saturated carbocycles. The molecule has 21 heavy (non-hydrogen) atoms. The zero-order chi connectivity index (χ0) is 16.2. The third kappa shape index (κ3) is 5.33. The summed E-state index contributed by atoms with van der Waals surface area (Å²) in [6.45, 7) is 3.36. The summed E-state index contributed by atoms with van der Waals surface area (Å²) in [5.74, 6) is -2.20. The van der Waals surface area contributed by atoms with Gasteiger partial charge in [-0.2, -0.15) is 0 Å². The quantitative estimate of drug-likeness (QED) is 0.870. The van der Waals surface area contributed by atoms with Crippen molar-refractivity contribution in [3.8, 4) is 5.75 Å². The van der Waals surface area contributed by atoms with E-state index in [0.29, 0.717) is 0 Å². The lowest BCUT2D eigenvalue weighted by molar-refractivity contribution is -0.274. The van der Waals surface area contributed by atoms with Crippen molar-refractivity contribution in [1.29, 1.82) is 0 Å². The molecule has 0 aliphatic carbocycles. The molecule has 0 saturated heterocycles. The molecule has 0 aliphatic heterocycles. The van der Waals surface area contributed by atoms with Crippen molar-refractivity contribution >= 4 is 11.8 Å². The van der Waals surface area contributed by atoms with E-state index in [-0.39, 0.29) is 11.5 Å². The summed E-state index contributed by atoms with van der Waals surface area (Å²) in [5, 5.41) is 2.37.